The summed E-state index contributed by atoms with van der Waals surface area (Å²) in [7, 11) is 0. The van der Waals surface area contributed by atoms with Gasteiger partial charge in [0.1, 0.15) is 0 Å². The van der Waals surface area contributed by atoms with Gasteiger partial charge in [-0.1, -0.05) is 51.1 Å². The van der Waals surface area contributed by atoms with Gasteiger partial charge < -0.3 is 4.74 Å². The molecule has 0 spiro atoms. The van der Waals surface area contributed by atoms with Crippen LogP contribution in [0.25, 0.3) is 0 Å². The molecule has 14 heavy (non-hydrogen) atoms. The minimum Gasteiger partial charge on any atom is -0.374 e. The monoisotopic (exact) mass is 194 g/mol. The first-order valence-corrected chi connectivity index (χ1v) is 5.48. The molecule has 0 unspecified atom stereocenters. The van der Waals surface area contributed by atoms with Crippen molar-refractivity contribution in [2.45, 2.75) is 46.8 Å². The van der Waals surface area contributed by atoms with E-state index in [9.17, 15) is 0 Å². The van der Waals surface area contributed by atoms with Gasteiger partial charge in [0.2, 0.25) is 0 Å². The van der Waals surface area contributed by atoms with Gasteiger partial charge in [-0.25, -0.2) is 0 Å². The van der Waals surface area contributed by atoms with E-state index in [4.69, 9.17) is 4.74 Å². The van der Waals surface area contributed by atoms with Crippen LogP contribution in [0, 0.1) is 0 Å². The van der Waals surface area contributed by atoms with Crippen molar-refractivity contribution in [3.05, 3.63) is 35.9 Å². The second-order valence-corrected chi connectivity index (χ2v) is 3.02. The van der Waals surface area contributed by atoms with Crippen molar-refractivity contribution in [3.63, 3.8) is 0 Å². The minimum atomic E-state index is 0.366. The van der Waals surface area contributed by atoms with Crippen LogP contribution in [-0.2, 0) is 11.3 Å². The van der Waals surface area contributed by atoms with Crippen LogP contribution in [0.15, 0.2) is 30.3 Å². The number of benzene rings is 1. The highest BCUT2D eigenvalue weighted by Gasteiger charge is 1.97. The Morgan fingerprint density at radius 3 is 2.21 bits per heavy atom. The fourth-order valence-corrected chi connectivity index (χ4v) is 0.931. The summed E-state index contributed by atoms with van der Waals surface area (Å²) < 4.78 is 5.58. The Bertz CT molecular complexity index is 206. The Kier molecular flexibility index (Phi) is 8.25. The van der Waals surface area contributed by atoms with E-state index in [1.54, 1.807) is 0 Å². The fraction of sp³-hybridized carbons (Fsp3) is 0.538. The molecule has 0 heterocycles. The highest BCUT2D eigenvalue weighted by molar-refractivity contribution is 5.13. The average molecular weight is 194 g/mol. The van der Waals surface area contributed by atoms with E-state index < -0.39 is 0 Å². The lowest BCUT2D eigenvalue weighted by atomic mass is 10.2. The summed E-state index contributed by atoms with van der Waals surface area (Å²) in [6, 6.07) is 10.3. The lowest BCUT2D eigenvalue weighted by Crippen LogP contribution is -2.05. The molecule has 0 aliphatic rings. The summed E-state index contributed by atoms with van der Waals surface area (Å²) >= 11 is 0. The minimum absolute atomic E-state index is 0.366. The molecule has 1 rings (SSSR count). The summed E-state index contributed by atoms with van der Waals surface area (Å²) in [4.78, 5) is 0. The van der Waals surface area contributed by atoms with Gasteiger partial charge in [-0.2, -0.15) is 0 Å². The highest BCUT2D eigenvalue weighted by atomic mass is 16.5. The van der Waals surface area contributed by atoms with Gasteiger partial charge in [0, 0.05) is 0 Å². The lowest BCUT2D eigenvalue weighted by molar-refractivity contribution is 0.0508. The maximum Gasteiger partial charge on any atom is 0.0720 e. The predicted molar refractivity (Wildman–Crippen MR) is 62.3 cm³/mol. The van der Waals surface area contributed by atoms with Crippen LogP contribution in [-0.4, -0.2) is 6.10 Å². The molecule has 0 amide bonds. The average Bonchev–Trinajstić information content (AvgIpc) is 2.30. The van der Waals surface area contributed by atoms with Crippen LogP contribution in [0.1, 0.15) is 39.7 Å². The van der Waals surface area contributed by atoms with Crippen molar-refractivity contribution in [2.24, 2.45) is 0 Å². The Morgan fingerprint density at radius 2 is 1.71 bits per heavy atom. The first kappa shape index (κ1) is 13.2. The molecular weight excluding hydrogens is 172 g/mol. The highest BCUT2D eigenvalue weighted by Crippen LogP contribution is 2.04. The molecule has 0 radical (unpaired) electrons. The topological polar surface area (TPSA) is 9.23 Å². The molecule has 1 atom stereocenters. The zero-order valence-corrected chi connectivity index (χ0v) is 9.79. The molecule has 0 aromatic heterocycles. The normalized spacial score (nSPS) is 11.4. The maximum atomic E-state index is 5.58. The third-order valence-corrected chi connectivity index (χ3v) is 1.95. The number of hydrogen-bond acceptors (Lipinski definition) is 1. The summed E-state index contributed by atoms with van der Waals surface area (Å²) in [5.74, 6) is 0. The van der Waals surface area contributed by atoms with Crippen molar-refractivity contribution in [2.75, 3.05) is 0 Å². The van der Waals surface area contributed by atoms with Gasteiger partial charge in [0.05, 0.1) is 12.7 Å². The van der Waals surface area contributed by atoms with Gasteiger partial charge >= 0.3 is 0 Å². The van der Waals surface area contributed by atoms with E-state index in [1.807, 2.05) is 32.0 Å². The molecule has 0 aliphatic carbocycles. The van der Waals surface area contributed by atoms with E-state index in [1.165, 1.54) is 5.56 Å². The Hall–Kier alpha value is -0.820. The van der Waals surface area contributed by atoms with E-state index in [-0.39, 0.29) is 0 Å². The van der Waals surface area contributed by atoms with Crippen LogP contribution in [0.5, 0.6) is 0 Å². The third-order valence-electron chi connectivity index (χ3n) is 1.95. The first-order valence-electron chi connectivity index (χ1n) is 5.48. The molecule has 0 aliphatic heterocycles. The molecule has 0 fully saturated rings. The Balaban J connectivity index is 0.000000791. The molecule has 1 heteroatoms. The zero-order chi connectivity index (χ0) is 10.8. The Morgan fingerprint density at radius 1 is 1.14 bits per heavy atom. The number of ether oxygens (including phenoxy) is 1. The van der Waals surface area contributed by atoms with Crippen LogP contribution in [0.3, 0.4) is 0 Å². The summed E-state index contributed by atoms with van der Waals surface area (Å²) in [6.45, 7) is 8.97. The molecule has 1 nitrogen and oxygen atoms in total. The molecule has 0 saturated carbocycles. The van der Waals surface area contributed by atoms with Crippen LogP contribution >= 0.6 is 0 Å². The molecular formula is C13H22O. The summed E-state index contributed by atoms with van der Waals surface area (Å²) in [5, 5.41) is 0. The van der Waals surface area contributed by atoms with Crippen molar-refractivity contribution in [3.8, 4) is 0 Å². The SMILES string of the molecule is CC.CC[C@H](C)OCc1ccccc1. The molecule has 1 aromatic rings. The van der Waals surface area contributed by atoms with Gasteiger partial charge in [0.25, 0.3) is 0 Å². The van der Waals surface area contributed by atoms with Gasteiger partial charge in [-0.15, -0.1) is 0 Å². The van der Waals surface area contributed by atoms with E-state index >= 15 is 0 Å². The predicted octanol–water partition coefficient (Wildman–Crippen LogP) is 4.03. The standard InChI is InChI=1S/C11H16O.C2H6/c1-3-10(2)12-9-11-7-5-4-6-8-11;1-2/h4-8,10H,3,9H2,1-2H3;1-2H3/t10-;/m0./s1. The quantitative estimate of drug-likeness (QED) is 0.703. The number of hydrogen-bond donors (Lipinski definition) is 0. The van der Waals surface area contributed by atoms with Crippen molar-refractivity contribution >= 4 is 0 Å². The summed E-state index contributed by atoms with van der Waals surface area (Å²) in [5.41, 5.74) is 1.25. The second kappa shape index (κ2) is 8.76. The van der Waals surface area contributed by atoms with Crippen LogP contribution < -0.4 is 0 Å². The molecule has 1 aromatic carbocycles. The molecule has 0 N–H and O–H groups in total. The Labute approximate surface area is 88.1 Å². The lowest BCUT2D eigenvalue weighted by Gasteiger charge is -2.09. The van der Waals surface area contributed by atoms with Crippen molar-refractivity contribution in [1.82, 2.24) is 0 Å². The van der Waals surface area contributed by atoms with Crippen molar-refractivity contribution in [1.29, 1.82) is 0 Å². The van der Waals surface area contributed by atoms with Gasteiger partial charge in [0.15, 0.2) is 0 Å². The third kappa shape index (κ3) is 5.76. The van der Waals surface area contributed by atoms with Crippen LogP contribution in [0.2, 0.25) is 0 Å². The van der Waals surface area contributed by atoms with Gasteiger partial charge in [-0.05, 0) is 18.9 Å². The molecule has 0 bridgehead atoms. The van der Waals surface area contributed by atoms with E-state index in [2.05, 4.69) is 26.0 Å². The van der Waals surface area contributed by atoms with E-state index in [0.717, 1.165) is 13.0 Å². The molecule has 80 valence electrons. The first-order chi connectivity index (χ1) is 6.83. The van der Waals surface area contributed by atoms with Crippen LogP contribution in [0.4, 0.5) is 0 Å². The zero-order valence-electron chi connectivity index (χ0n) is 9.79. The molecule has 0 saturated heterocycles. The number of rotatable bonds is 4. The van der Waals surface area contributed by atoms with Crippen molar-refractivity contribution < 1.29 is 4.74 Å². The fourth-order valence-electron chi connectivity index (χ4n) is 0.931. The van der Waals surface area contributed by atoms with Gasteiger partial charge in [-0.3, -0.25) is 0 Å². The maximum absolute atomic E-state index is 5.58. The largest absolute Gasteiger partial charge is 0.374 e. The second-order valence-electron chi connectivity index (χ2n) is 3.02. The summed E-state index contributed by atoms with van der Waals surface area (Å²) in [6.07, 6.45) is 1.44. The van der Waals surface area contributed by atoms with E-state index in [0.29, 0.717) is 6.10 Å². The smallest absolute Gasteiger partial charge is 0.0720 e.